The topological polar surface area (TPSA) is 55.8 Å². The number of hydrogen-bond donors (Lipinski definition) is 1. The van der Waals surface area contributed by atoms with E-state index in [2.05, 4.69) is 0 Å². The molecule has 2 heterocycles. The number of hydrogen-bond acceptors (Lipinski definition) is 4. The molecule has 5 heteroatoms. The van der Waals surface area contributed by atoms with Crippen LogP contribution < -0.4 is 4.74 Å². The lowest BCUT2D eigenvalue weighted by Gasteiger charge is -2.23. The predicted molar refractivity (Wildman–Crippen MR) is 72.1 cm³/mol. The second-order valence-electron chi connectivity index (χ2n) is 5.40. The zero-order chi connectivity index (χ0) is 13.3. The van der Waals surface area contributed by atoms with E-state index in [4.69, 9.17) is 14.6 Å². The molecule has 104 valence electrons. The minimum atomic E-state index is -0.926. The van der Waals surface area contributed by atoms with Gasteiger partial charge in [0.15, 0.2) is 4.88 Å². The van der Waals surface area contributed by atoms with Gasteiger partial charge in [-0.15, -0.1) is 11.3 Å². The highest BCUT2D eigenvalue weighted by molar-refractivity contribution is 7.12. The third-order valence-electron chi connectivity index (χ3n) is 4.10. The lowest BCUT2D eigenvalue weighted by molar-refractivity contribution is -0.0509. The summed E-state index contributed by atoms with van der Waals surface area (Å²) in [5.41, 5.74) is 0.109. The number of carboxylic acids is 1. The van der Waals surface area contributed by atoms with E-state index in [1.54, 1.807) is 11.4 Å². The van der Waals surface area contributed by atoms with Crippen molar-refractivity contribution in [1.29, 1.82) is 0 Å². The molecule has 1 N–H and O–H groups in total. The molecule has 2 aliphatic rings. The number of aromatic carboxylic acids is 1. The van der Waals surface area contributed by atoms with Crippen LogP contribution >= 0.6 is 11.3 Å². The molecule has 1 aromatic rings. The average Bonchev–Trinajstić information content (AvgIpc) is 3.10. The highest BCUT2D eigenvalue weighted by atomic mass is 32.1. The van der Waals surface area contributed by atoms with Gasteiger partial charge in [0.25, 0.3) is 0 Å². The van der Waals surface area contributed by atoms with Gasteiger partial charge in [0.05, 0.1) is 11.7 Å². The molecular formula is C14H18O4S. The summed E-state index contributed by atoms with van der Waals surface area (Å²) in [4.78, 5) is 11.3. The SMILES string of the molecule is O=C(O)c1sccc1OCC1CCC2(CCCC2)O1. The molecule has 1 aliphatic carbocycles. The van der Waals surface area contributed by atoms with E-state index in [0.717, 1.165) is 12.8 Å². The van der Waals surface area contributed by atoms with Crippen LogP contribution in [0.4, 0.5) is 0 Å². The van der Waals surface area contributed by atoms with Crippen LogP contribution in [0.2, 0.25) is 0 Å². The summed E-state index contributed by atoms with van der Waals surface area (Å²) in [6, 6.07) is 1.72. The first-order valence-corrected chi connectivity index (χ1v) is 7.68. The molecular weight excluding hydrogens is 264 g/mol. The molecule has 3 rings (SSSR count). The third kappa shape index (κ3) is 2.62. The molecule has 19 heavy (non-hydrogen) atoms. The normalized spacial score (nSPS) is 24.9. The molecule has 1 spiro atoms. The van der Waals surface area contributed by atoms with Crippen LogP contribution in [0.3, 0.4) is 0 Å². The Morgan fingerprint density at radius 1 is 1.47 bits per heavy atom. The number of carbonyl (C=O) groups is 1. The Morgan fingerprint density at radius 3 is 3.00 bits per heavy atom. The van der Waals surface area contributed by atoms with E-state index < -0.39 is 5.97 Å². The van der Waals surface area contributed by atoms with Crippen LogP contribution in [0.5, 0.6) is 5.75 Å². The first-order chi connectivity index (χ1) is 9.19. The van der Waals surface area contributed by atoms with Crippen molar-refractivity contribution in [3.63, 3.8) is 0 Å². The average molecular weight is 282 g/mol. The Morgan fingerprint density at radius 2 is 2.26 bits per heavy atom. The quantitative estimate of drug-likeness (QED) is 0.920. The van der Waals surface area contributed by atoms with Crippen molar-refractivity contribution in [2.45, 2.75) is 50.2 Å². The van der Waals surface area contributed by atoms with Gasteiger partial charge in [-0.2, -0.15) is 0 Å². The van der Waals surface area contributed by atoms with E-state index in [1.165, 1.54) is 37.0 Å². The summed E-state index contributed by atoms with van der Waals surface area (Å²) < 4.78 is 11.8. The largest absolute Gasteiger partial charge is 0.489 e. The number of thiophene rings is 1. The van der Waals surface area contributed by atoms with Gasteiger partial charge in [0.2, 0.25) is 0 Å². The molecule has 0 aromatic carbocycles. The molecule has 1 atom stereocenters. The zero-order valence-electron chi connectivity index (χ0n) is 10.8. The summed E-state index contributed by atoms with van der Waals surface area (Å²) in [6.45, 7) is 0.457. The standard InChI is InChI=1S/C14H18O4S/c15-13(16)12-11(4-8-19-12)17-9-10-3-7-14(18-10)5-1-2-6-14/h4,8,10H,1-3,5-7,9H2,(H,15,16). The lowest BCUT2D eigenvalue weighted by Crippen LogP contribution is -2.27. The highest BCUT2D eigenvalue weighted by Gasteiger charge is 2.42. The van der Waals surface area contributed by atoms with Gasteiger partial charge in [-0.3, -0.25) is 0 Å². The van der Waals surface area contributed by atoms with Gasteiger partial charge in [-0.1, -0.05) is 12.8 Å². The van der Waals surface area contributed by atoms with Crippen LogP contribution in [0.1, 0.15) is 48.2 Å². The van der Waals surface area contributed by atoms with Gasteiger partial charge < -0.3 is 14.6 Å². The fourth-order valence-corrected chi connectivity index (χ4v) is 3.82. The van der Waals surface area contributed by atoms with Crippen molar-refractivity contribution < 1.29 is 19.4 Å². The maximum absolute atomic E-state index is 11.0. The van der Waals surface area contributed by atoms with Crippen LogP contribution in [0, 0.1) is 0 Å². The summed E-state index contributed by atoms with van der Waals surface area (Å²) in [7, 11) is 0. The summed E-state index contributed by atoms with van der Waals surface area (Å²) >= 11 is 1.19. The van der Waals surface area contributed by atoms with E-state index in [-0.39, 0.29) is 16.6 Å². The van der Waals surface area contributed by atoms with E-state index in [1.807, 2.05) is 0 Å². The van der Waals surface area contributed by atoms with Gasteiger partial charge in [-0.25, -0.2) is 4.79 Å². The molecule has 0 amide bonds. The predicted octanol–water partition coefficient (Wildman–Crippen LogP) is 3.32. The van der Waals surface area contributed by atoms with Crippen molar-refractivity contribution >= 4 is 17.3 Å². The Labute approximate surface area is 116 Å². The van der Waals surface area contributed by atoms with Gasteiger partial charge >= 0.3 is 5.97 Å². The van der Waals surface area contributed by atoms with Crippen molar-refractivity contribution in [2.24, 2.45) is 0 Å². The fraction of sp³-hybridized carbons (Fsp3) is 0.643. The summed E-state index contributed by atoms with van der Waals surface area (Å²) in [5.74, 6) is -0.460. The molecule has 1 aliphatic heterocycles. The van der Waals surface area contributed by atoms with Gasteiger partial charge in [-0.05, 0) is 37.1 Å². The molecule has 4 nitrogen and oxygen atoms in total. The van der Waals surface area contributed by atoms with Crippen molar-refractivity contribution in [1.82, 2.24) is 0 Å². The highest BCUT2D eigenvalue weighted by Crippen LogP contribution is 2.43. The minimum Gasteiger partial charge on any atom is -0.489 e. The van der Waals surface area contributed by atoms with Crippen molar-refractivity contribution in [3.8, 4) is 5.75 Å². The monoisotopic (exact) mass is 282 g/mol. The molecule has 0 radical (unpaired) electrons. The Hall–Kier alpha value is -1.07. The van der Waals surface area contributed by atoms with Gasteiger partial charge in [0.1, 0.15) is 12.4 Å². The number of rotatable bonds is 4. The molecule has 0 bridgehead atoms. The Bertz CT molecular complexity index is 462. The van der Waals surface area contributed by atoms with Crippen LogP contribution in [0.15, 0.2) is 11.4 Å². The van der Waals surface area contributed by atoms with E-state index >= 15 is 0 Å². The summed E-state index contributed by atoms with van der Waals surface area (Å²) in [5, 5.41) is 10.8. The van der Waals surface area contributed by atoms with E-state index in [9.17, 15) is 4.79 Å². The summed E-state index contributed by atoms with van der Waals surface area (Å²) in [6.07, 6.45) is 7.12. The maximum Gasteiger partial charge on any atom is 0.349 e. The molecule has 1 saturated carbocycles. The molecule has 1 unspecified atom stereocenters. The lowest BCUT2D eigenvalue weighted by atomic mass is 9.98. The second kappa shape index (κ2) is 5.13. The Balaban J connectivity index is 1.56. The smallest absolute Gasteiger partial charge is 0.349 e. The molecule has 1 saturated heterocycles. The third-order valence-corrected chi connectivity index (χ3v) is 4.99. The van der Waals surface area contributed by atoms with Gasteiger partial charge in [0, 0.05) is 0 Å². The van der Waals surface area contributed by atoms with Crippen molar-refractivity contribution in [2.75, 3.05) is 6.61 Å². The Kier molecular flexibility index (Phi) is 3.50. The fourth-order valence-electron chi connectivity index (χ4n) is 3.15. The molecule has 2 fully saturated rings. The second-order valence-corrected chi connectivity index (χ2v) is 6.31. The zero-order valence-corrected chi connectivity index (χ0v) is 11.6. The van der Waals surface area contributed by atoms with Crippen LogP contribution in [0.25, 0.3) is 0 Å². The number of carboxylic acid groups (broad SMARTS) is 1. The van der Waals surface area contributed by atoms with Crippen LogP contribution in [-0.2, 0) is 4.74 Å². The minimum absolute atomic E-state index is 0.109. The number of ether oxygens (including phenoxy) is 2. The first-order valence-electron chi connectivity index (χ1n) is 6.80. The van der Waals surface area contributed by atoms with Crippen molar-refractivity contribution in [3.05, 3.63) is 16.3 Å². The molecule has 1 aromatic heterocycles. The first kappa shape index (κ1) is 12.9. The van der Waals surface area contributed by atoms with E-state index in [0.29, 0.717) is 12.4 Å². The van der Waals surface area contributed by atoms with Crippen LogP contribution in [-0.4, -0.2) is 29.4 Å². The maximum atomic E-state index is 11.0.